The summed E-state index contributed by atoms with van der Waals surface area (Å²) in [6.45, 7) is 5.01. The maximum atomic E-state index is 12.1. The number of nitrogens with two attached hydrogens (primary N) is 1. The molecule has 104 valence electrons. The van der Waals surface area contributed by atoms with Crippen molar-refractivity contribution in [3.8, 4) is 0 Å². The molecule has 4 heteroatoms. The highest BCUT2D eigenvalue weighted by molar-refractivity contribution is 5.77. The number of amides is 1. The molecule has 1 aliphatic heterocycles. The van der Waals surface area contributed by atoms with Crippen LogP contribution in [0.4, 0.5) is 0 Å². The average Bonchev–Trinajstić information content (AvgIpc) is 2.47. The number of carbonyl (C=O) groups is 1. The van der Waals surface area contributed by atoms with E-state index >= 15 is 0 Å². The van der Waals surface area contributed by atoms with Crippen LogP contribution in [0.5, 0.6) is 0 Å². The van der Waals surface area contributed by atoms with E-state index in [1.807, 2.05) is 4.90 Å². The highest BCUT2D eigenvalue weighted by atomic mass is 16.2. The molecule has 1 saturated heterocycles. The molecule has 1 heterocycles. The van der Waals surface area contributed by atoms with Crippen LogP contribution in [0.15, 0.2) is 24.3 Å². The fraction of sp³-hybridized carbons (Fsp3) is 0.533. The van der Waals surface area contributed by atoms with Gasteiger partial charge in [-0.05, 0) is 17.5 Å². The Morgan fingerprint density at radius 2 is 2.16 bits per heavy atom. The molecule has 0 saturated carbocycles. The standard InChI is InChI=1S/C15H23N3O/c1-2-12-3-5-13(6-4-12)14-11-17-9-10-18(14)15(19)7-8-16/h3-6,14,17H,2,7-11,16H2,1H3. The third-order valence-electron chi connectivity index (χ3n) is 3.69. The topological polar surface area (TPSA) is 58.4 Å². The van der Waals surface area contributed by atoms with Gasteiger partial charge < -0.3 is 16.0 Å². The molecular weight excluding hydrogens is 238 g/mol. The average molecular weight is 261 g/mol. The second kappa shape index (κ2) is 6.68. The van der Waals surface area contributed by atoms with E-state index in [0.717, 1.165) is 26.1 Å². The van der Waals surface area contributed by atoms with Crippen molar-refractivity contribution < 1.29 is 4.79 Å². The zero-order chi connectivity index (χ0) is 13.7. The zero-order valence-electron chi connectivity index (χ0n) is 11.6. The lowest BCUT2D eigenvalue weighted by atomic mass is 10.0. The lowest BCUT2D eigenvalue weighted by molar-refractivity contribution is -0.134. The Balaban J connectivity index is 2.15. The van der Waals surface area contributed by atoms with Crippen molar-refractivity contribution >= 4 is 5.91 Å². The van der Waals surface area contributed by atoms with Crippen LogP contribution in [-0.2, 0) is 11.2 Å². The molecule has 4 nitrogen and oxygen atoms in total. The van der Waals surface area contributed by atoms with Gasteiger partial charge in [0.1, 0.15) is 0 Å². The van der Waals surface area contributed by atoms with Crippen molar-refractivity contribution in [3.63, 3.8) is 0 Å². The van der Waals surface area contributed by atoms with Gasteiger partial charge in [0, 0.05) is 32.6 Å². The van der Waals surface area contributed by atoms with Crippen LogP contribution in [0.1, 0.15) is 30.5 Å². The molecule has 1 aliphatic rings. The highest BCUT2D eigenvalue weighted by Crippen LogP contribution is 2.23. The number of nitrogens with one attached hydrogen (secondary N) is 1. The largest absolute Gasteiger partial charge is 0.333 e. The normalized spacial score (nSPS) is 19.5. The molecule has 0 aliphatic carbocycles. The fourth-order valence-electron chi connectivity index (χ4n) is 2.54. The summed E-state index contributed by atoms with van der Waals surface area (Å²) in [6, 6.07) is 8.71. The zero-order valence-corrected chi connectivity index (χ0v) is 11.6. The first-order valence-corrected chi connectivity index (χ1v) is 7.05. The van der Waals surface area contributed by atoms with Gasteiger partial charge in [-0.2, -0.15) is 0 Å². The van der Waals surface area contributed by atoms with E-state index in [1.165, 1.54) is 11.1 Å². The minimum atomic E-state index is 0.138. The third-order valence-corrected chi connectivity index (χ3v) is 3.69. The van der Waals surface area contributed by atoms with Crippen molar-refractivity contribution in [2.45, 2.75) is 25.8 Å². The van der Waals surface area contributed by atoms with Crippen LogP contribution in [0.3, 0.4) is 0 Å². The number of aryl methyl sites for hydroxylation is 1. The Hall–Kier alpha value is -1.39. The molecule has 1 aromatic carbocycles. The number of piperazine rings is 1. The quantitative estimate of drug-likeness (QED) is 0.852. The molecular formula is C15H23N3O. The van der Waals surface area contributed by atoms with Crippen LogP contribution in [-0.4, -0.2) is 37.0 Å². The Bertz CT molecular complexity index is 416. The predicted octanol–water partition coefficient (Wildman–Crippen LogP) is 1.07. The lowest BCUT2D eigenvalue weighted by Crippen LogP contribution is -2.49. The Labute approximate surface area is 115 Å². The maximum absolute atomic E-state index is 12.1. The number of hydrogen-bond donors (Lipinski definition) is 2. The second-order valence-electron chi connectivity index (χ2n) is 4.94. The van der Waals surface area contributed by atoms with Gasteiger partial charge in [0.2, 0.25) is 5.91 Å². The van der Waals surface area contributed by atoms with Gasteiger partial charge in [0.15, 0.2) is 0 Å². The first kappa shape index (κ1) is 14.0. The van der Waals surface area contributed by atoms with Crippen LogP contribution in [0, 0.1) is 0 Å². The molecule has 1 amide bonds. The van der Waals surface area contributed by atoms with Gasteiger partial charge in [0.05, 0.1) is 6.04 Å². The van der Waals surface area contributed by atoms with Gasteiger partial charge in [-0.3, -0.25) is 4.79 Å². The van der Waals surface area contributed by atoms with E-state index in [0.29, 0.717) is 13.0 Å². The first-order chi connectivity index (χ1) is 9.26. The van der Waals surface area contributed by atoms with E-state index in [1.54, 1.807) is 0 Å². The summed E-state index contributed by atoms with van der Waals surface area (Å²) in [5, 5.41) is 3.36. The molecule has 3 N–H and O–H groups in total. The van der Waals surface area contributed by atoms with Gasteiger partial charge in [-0.15, -0.1) is 0 Å². The van der Waals surface area contributed by atoms with Crippen molar-refractivity contribution in [1.82, 2.24) is 10.2 Å². The molecule has 1 aromatic rings. The maximum Gasteiger partial charge on any atom is 0.224 e. The van der Waals surface area contributed by atoms with E-state index < -0.39 is 0 Å². The molecule has 0 bridgehead atoms. The smallest absolute Gasteiger partial charge is 0.224 e. The SMILES string of the molecule is CCc1ccc(C2CNCCN2C(=O)CCN)cc1. The van der Waals surface area contributed by atoms with Crippen LogP contribution in [0.2, 0.25) is 0 Å². The van der Waals surface area contributed by atoms with Crippen LogP contribution >= 0.6 is 0 Å². The van der Waals surface area contributed by atoms with E-state index in [4.69, 9.17) is 5.73 Å². The van der Waals surface area contributed by atoms with Crippen molar-refractivity contribution in [2.24, 2.45) is 5.73 Å². The number of benzene rings is 1. The van der Waals surface area contributed by atoms with Crippen molar-refractivity contribution in [3.05, 3.63) is 35.4 Å². The van der Waals surface area contributed by atoms with Gasteiger partial charge >= 0.3 is 0 Å². The minimum absolute atomic E-state index is 0.138. The van der Waals surface area contributed by atoms with Gasteiger partial charge in [-0.25, -0.2) is 0 Å². The molecule has 0 spiro atoms. The van der Waals surface area contributed by atoms with Crippen molar-refractivity contribution in [1.29, 1.82) is 0 Å². The molecule has 1 fully saturated rings. The second-order valence-corrected chi connectivity index (χ2v) is 4.94. The predicted molar refractivity (Wildman–Crippen MR) is 76.8 cm³/mol. The number of nitrogens with zero attached hydrogens (tertiary/aromatic N) is 1. The third kappa shape index (κ3) is 3.33. The molecule has 0 radical (unpaired) electrons. The van der Waals surface area contributed by atoms with Crippen LogP contribution in [0.25, 0.3) is 0 Å². The number of rotatable bonds is 4. The first-order valence-electron chi connectivity index (χ1n) is 7.05. The molecule has 1 unspecified atom stereocenters. The number of carbonyl (C=O) groups excluding carboxylic acids is 1. The van der Waals surface area contributed by atoms with E-state index in [2.05, 4.69) is 36.5 Å². The molecule has 2 rings (SSSR count). The molecule has 1 atom stereocenters. The van der Waals surface area contributed by atoms with E-state index in [9.17, 15) is 4.79 Å². The summed E-state index contributed by atoms with van der Waals surface area (Å²) >= 11 is 0. The van der Waals surface area contributed by atoms with Crippen LogP contribution < -0.4 is 11.1 Å². The summed E-state index contributed by atoms with van der Waals surface area (Å²) in [7, 11) is 0. The summed E-state index contributed by atoms with van der Waals surface area (Å²) in [6.07, 6.45) is 1.47. The molecule has 19 heavy (non-hydrogen) atoms. The lowest BCUT2D eigenvalue weighted by Gasteiger charge is -2.36. The number of hydrogen-bond acceptors (Lipinski definition) is 3. The summed E-state index contributed by atoms with van der Waals surface area (Å²) in [5.41, 5.74) is 8.02. The minimum Gasteiger partial charge on any atom is -0.333 e. The summed E-state index contributed by atoms with van der Waals surface area (Å²) < 4.78 is 0. The fourth-order valence-corrected chi connectivity index (χ4v) is 2.54. The van der Waals surface area contributed by atoms with Gasteiger partial charge in [-0.1, -0.05) is 31.2 Å². The van der Waals surface area contributed by atoms with Gasteiger partial charge in [0.25, 0.3) is 0 Å². The van der Waals surface area contributed by atoms with E-state index in [-0.39, 0.29) is 11.9 Å². The summed E-state index contributed by atoms with van der Waals surface area (Å²) in [5.74, 6) is 0.161. The Morgan fingerprint density at radius 1 is 1.42 bits per heavy atom. The van der Waals surface area contributed by atoms with Crippen molar-refractivity contribution in [2.75, 3.05) is 26.2 Å². The Morgan fingerprint density at radius 3 is 2.79 bits per heavy atom. The monoisotopic (exact) mass is 261 g/mol. The highest BCUT2D eigenvalue weighted by Gasteiger charge is 2.26. The molecule has 0 aromatic heterocycles. The summed E-state index contributed by atoms with van der Waals surface area (Å²) in [4.78, 5) is 14.1. The Kier molecular flexibility index (Phi) is 4.93.